The summed E-state index contributed by atoms with van der Waals surface area (Å²) in [5.74, 6) is 0.291. The first kappa shape index (κ1) is 16.9. The van der Waals surface area contributed by atoms with E-state index in [4.69, 9.17) is 0 Å². The van der Waals surface area contributed by atoms with Gasteiger partial charge in [0.1, 0.15) is 0 Å². The quantitative estimate of drug-likeness (QED) is 0.565. The summed E-state index contributed by atoms with van der Waals surface area (Å²) in [5, 5.41) is 3.16. The van der Waals surface area contributed by atoms with Crippen LogP contribution in [-0.4, -0.2) is 14.3 Å². The molecule has 0 fully saturated rings. The highest BCUT2D eigenvalue weighted by Gasteiger charge is 2.15. The van der Waals surface area contributed by atoms with Gasteiger partial charge in [0, 0.05) is 11.3 Å². The first-order valence-electron chi connectivity index (χ1n) is 7.84. The second-order valence-electron chi connectivity index (χ2n) is 5.53. The Hall–Kier alpha value is -2.92. The first-order chi connectivity index (χ1) is 12.1. The molecule has 1 N–H and O–H groups in total. The van der Waals surface area contributed by atoms with Gasteiger partial charge in [-0.15, -0.1) is 4.40 Å². The fourth-order valence-corrected chi connectivity index (χ4v) is 3.35. The predicted molar refractivity (Wildman–Crippen MR) is 101 cm³/mol. The molecule has 3 aromatic carbocycles. The summed E-state index contributed by atoms with van der Waals surface area (Å²) in [7, 11) is -3.82. The van der Waals surface area contributed by atoms with Crippen molar-refractivity contribution in [3.8, 4) is 0 Å². The molecule has 0 spiro atoms. The zero-order valence-corrected chi connectivity index (χ0v) is 14.6. The van der Waals surface area contributed by atoms with E-state index in [9.17, 15) is 8.42 Å². The molecule has 0 aliphatic rings. The summed E-state index contributed by atoms with van der Waals surface area (Å²) in [6.07, 6.45) is 0. The van der Waals surface area contributed by atoms with E-state index in [0.717, 1.165) is 11.3 Å². The van der Waals surface area contributed by atoms with E-state index in [2.05, 4.69) is 9.71 Å². The third-order valence-corrected chi connectivity index (χ3v) is 4.99. The van der Waals surface area contributed by atoms with Crippen molar-refractivity contribution in [1.82, 2.24) is 0 Å². The van der Waals surface area contributed by atoms with E-state index >= 15 is 0 Å². The van der Waals surface area contributed by atoms with E-state index in [1.165, 1.54) is 12.1 Å². The van der Waals surface area contributed by atoms with Gasteiger partial charge in [0.25, 0.3) is 10.0 Å². The third-order valence-electron chi connectivity index (χ3n) is 3.70. The molecular weight excluding hydrogens is 332 g/mol. The lowest BCUT2D eigenvalue weighted by molar-refractivity contribution is 0.598. The highest BCUT2D eigenvalue weighted by Crippen LogP contribution is 2.18. The van der Waals surface area contributed by atoms with Gasteiger partial charge < -0.3 is 5.32 Å². The Morgan fingerprint density at radius 2 is 1.36 bits per heavy atom. The number of rotatable bonds is 4. The predicted octanol–water partition coefficient (Wildman–Crippen LogP) is 4.24. The second kappa shape index (κ2) is 7.32. The summed E-state index contributed by atoms with van der Waals surface area (Å²) in [6.45, 7) is 1.96. The van der Waals surface area contributed by atoms with Crippen LogP contribution in [0.15, 0.2) is 94.2 Å². The van der Waals surface area contributed by atoms with Crippen molar-refractivity contribution in [3.05, 3.63) is 96.1 Å². The van der Waals surface area contributed by atoms with Crippen molar-refractivity contribution in [1.29, 1.82) is 0 Å². The summed E-state index contributed by atoms with van der Waals surface area (Å²) in [4.78, 5) is 0.162. The Bertz CT molecular complexity index is 982. The molecule has 0 bridgehead atoms. The lowest BCUT2D eigenvalue weighted by Crippen LogP contribution is -2.17. The van der Waals surface area contributed by atoms with Gasteiger partial charge in [0.15, 0.2) is 5.84 Å². The molecule has 3 aromatic rings. The molecule has 0 aliphatic carbocycles. The van der Waals surface area contributed by atoms with Crippen LogP contribution in [0.25, 0.3) is 0 Å². The Morgan fingerprint density at radius 3 is 2.00 bits per heavy atom. The van der Waals surface area contributed by atoms with Gasteiger partial charge in [-0.2, -0.15) is 8.42 Å². The van der Waals surface area contributed by atoms with Gasteiger partial charge in [0.2, 0.25) is 0 Å². The fourth-order valence-electron chi connectivity index (χ4n) is 2.35. The van der Waals surface area contributed by atoms with Gasteiger partial charge in [-0.05, 0) is 30.7 Å². The maximum atomic E-state index is 12.7. The van der Waals surface area contributed by atoms with E-state index in [-0.39, 0.29) is 4.90 Å². The summed E-state index contributed by atoms with van der Waals surface area (Å²) < 4.78 is 29.4. The van der Waals surface area contributed by atoms with Crippen molar-refractivity contribution in [3.63, 3.8) is 0 Å². The molecular formula is C20H18N2O2S. The molecule has 126 valence electrons. The van der Waals surface area contributed by atoms with Crippen LogP contribution in [0.2, 0.25) is 0 Å². The standard InChI is InChI=1S/C20H18N2O2S/c1-16-10-8-9-15-19(16)21-20(17-11-4-2-5-12-17)22-25(23,24)18-13-6-3-7-14-18/h2-15H,1H3,(H,21,22). The van der Waals surface area contributed by atoms with Crippen molar-refractivity contribution in [2.75, 3.05) is 5.32 Å². The Balaban J connectivity index is 2.07. The highest BCUT2D eigenvalue weighted by molar-refractivity contribution is 7.90. The van der Waals surface area contributed by atoms with Crippen LogP contribution in [0.4, 0.5) is 5.69 Å². The average Bonchev–Trinajstić information content (AvgIpc) is 2.64. The number of benzene rings is 3. The normalized spacial score (nSPS) is 12.0. The highest BCUT2D eigenvalue weighted by atomic mass is 32.2. The van der Waals surface area contributed by atoms with Crippen molar-refractivity contribution < 1.29 is 8.42 Å². The Kier molecular flexibility index (Phi) is 4.95. The van der Waals surface area contributed by atoms with Gasteiger partial charge >= 0.3 is 0 Å². The summed E-state index contributed by atoms with van der Waals surface area (Å²) >= 11 is 0. The molecule has 0 radical (unpaired) electrons. The maximum Gasteiger partial charge on any atom is 0.284 e. The van der Waals surface area contributed by atoms with Crippen LogP contribution in [-0.2, 0) is 10.0 Å². The van der Waals surface area contributed by atoms with Crippen LogP contribution >= 0.6 is 0 Å². The minimum Gasteiger partial charge on any atom is -0.339 e. The van der Waals surface area contributed by atoms with Gasteiger partial charge in [-0.25, -0.2) is 0 Å². The monoisotopic (exact) mass is 350 g/mol. The van der Waals surface area contributed by atoms with Gasteiger partial charge in [-0.3, -0.25) is 0 Å². The Labute approximate surface area is 147 Å². The third kappa shape index (κ3) is 4.14. The minimum absolute atomic E-state index is 0.162. The number of amidine groups is 1. The number of para-hydroxylation sites is 1. The molecule has 0 aliphatic heterocycles. The minimum atomic E-state index is -3.82. The van der Waals surface area contributed by atoms with Crippen molar-refractivity contribution in [2.45, 2.75) is 11.8 Å². The number of aryl methyl sites for hydroxylation is 1. The molecule has 0 saturated heterocycles. The largest absolute Gasteiger partial charge is 0.339 e. The maximum absolute atomic E-state index is 12.7. The second-order valence-corrected chi connectivity index (χ2v) is 7.14. The fraction of sp³-hybridized carbons (Fsp3) is 0.0500. The Morgan fingerprint density at radius 1 is 0.800 bits per heavy atom. The SMILES string of the molecule is Cc1ccccc1N/C(=N/S(=O)(=O)c1ccccc1)c1ccccc1. The molecule has 25 heavy (non-hydrogen) atoms. The molecule has 3 rings (SSSR count). The average molecular weight is 350 g/mol. The zero-order valence-electron chi connectivity index (χ0n) is 13.8. The topological polar surface area (TPSA) is 58.5 Å². The smallest absolute Gasteiger partial charge is 0.284 e. The number of sulfonamides is 1. The lowest BCUT2D eigenvalue weighted by atomic mass is 10.1. The molecule has 0 atom stereocenters. The lowest BCUT2D eigenvalue weighted by Gasteiger charge is -2.12. The van der Waals surface area contributed by atoms with Crippen LogP contribution in [0.5, 0.6) is 0 Å². The van der Waals surface area contributed by atoms with Crippen LogP contribution in [0.3, 0.4) is 0 Å². The van der Waals surface area contributed by atoms with E-state index in [0.29, 0.717) is 11.4 Å². The summed E-state index contributed by atoms with van der Waals surface area (Å²) in [5.41, 5.74) is 2.52. The van der Waals surface area contributed by atoms with E-state index < -0.39 is 10.0 Å². The number of anilines is 1. The van der Waals surface area contributed by atoms with E-state index in [1.54, 1.807) is 18.2 Å². The number of nitrogens with one attached hydrogen (secondary N) is 1. The van der Waals surface area contributed by atoms with Crippen LogP contribution in [0, 0.1) is 6.92 Å². The van der Waals surface area contributed by atoms with Crippen LogP contribution in [0.1, 0.15) is 11.1 Å². The molecule has 0 amide bonds. The molecule has 0 aromatic heterocycles. The molecule has 0 unspecified atom stereocenters. The number of hydrogen-bond donors (Lipinski definition) is 1. The number of hydrogen-bond acceptors (Lipinski definition) is 2. The zero-order chi connectivity index (χ0) is 17.7. The van der Waals surface area contributed by atoms with Crippen molar-refractivity contribution >= 4 is 21.5 Å². The van der Waals surface area contributed by atoms with Crippen molar-refractivity contribution in [2.24, 2.45) is 4.40 Å². The molecule has 5 heteroatoms. The molecule has 0 saturated carbocycles. The van der Waals surface area contributed by atoms with E-state index in [1.807, 2.05) is 61.5 Å². The van der Waals surface area contributed by atoms with Gasteiger partial charge in [0.05, 0.1) is 4.90 Å². The van der Waals surface area contributed by atoms with Crippen LogP contribution < -0.4 is 5.32 Å². The molecule has 0 heterocycles. The van der Waals surface area contributed by atoms with Gasteiger partial charge in [-0.1, -0.05) is 66.7 Å². The molecule has 4 nitrogen and oxygen atoms in total. The summed E-state index contributed by atoms with van der Waals surface area (Å²) in [6, 6.07) is 25.1. The number of nitrogens with zero attached hydrogens (tertiary/aromatic N) is 1. The first-order valence-corrected chi connectivity index (χ1v) is 9.28.